The monoisotopic (exact) mass is 307 g/mol. The fourth-order valence-electron chi connectivity index (χ4n) is 2.62. The lowest BCUT2D eigenvalue weighted by atomic mass is 9.92. The van der Waals surface area contributed by atoms with Gasteiger partial charge in [0.15, 0.2) is 5.78 Å². The Balaban J connectivity index is 1.67. The number of nitrogens with one attached hydrogen (secondary N) is 1. The molecule has 0 unspecified atom stereocenters. The number of rotatable bonds is 5. The highest BCUT2D eigenvalue weighted by Crippen LogP contribution is 2.20. The van der Waals surface area contributed by atoms with Crippen molar-refractivity contribution in [2.45, 2.75) is 6.42 Å². The summed E-state index contributed by atoms with van der Waals surface area (Å²) in [5.74, 6) is 0.537. The third kappa shape index (κ3) is 3.16. The lowest BCUT2D eigenvalue weighted by Crippen LogP contribution is -2.28. The summed E-state index contributed by atoms with van der Waals surface area (Å²) < 4.78 is 5.19. The lowest BCUT2D eigenvalue weighted by molar-refractivity contribution is 0.0978. The molecule has 0 saturated carbocycles. The van der Waals surface area contributed by atoms with Gasteiger partial charge in [-0.05, 0) is 24.1 Å². The second-order valence-electron chi connectivity index (χ2n) is 5.33. The summed E-state index contributed by atoms with van der Waals surface area (Å²) in [6, 6.07) is 14.7. The minimum atomic E-state index is -0.135. The van der Waals surface area contributed by atoms with Crippen molar-refractivity contribution in [3.05, 3.63) is 77.0 Å². The molecular formula is C19H17NO3. The molecule has 0 heterocycles. The highest BCUT2D eigenvalue weighted by molar-refractivity contribution is 6.24. The summed E-state index contributed by atoms with van der Waals surface area (Å²) in [7, 11) is 1.63. The first-order valence-corrected chi connectivity index (χ1v) is 7.45. The molecule has 3 rings (SSSR count). The Kier molecular flexibility index (Phi) is 4.24. The molecule has 0 atom stereocenters. The normalized spacial score (nSPS) is 13.3. The highest BCUT2D eigenvalue weighted by Gasteiger charge is 2.24. The van der Waals surface area contributed by atoms with Gasteiger partial charge >= 0.3 is 0 Å². The first-order chi connectivity index (χ1) is 11.2. The molecule has 1 aliphatic rings. The van der Waals surface area contributed by atoms with E-state index in [1.807, 2.05) is 24.3 Å². The van der Waals surface area contributed by atoms with Gasteiger partial charge in [0.1, 0.15) is 5.75 Å². The van der Waals surface area contributed by atoms with E-state index >= 15 is 0 Å². The second kappa shape index (κ2) is 6.48. The number of ketones is 2. The van der Waals surface area contributed by atoms with Gasteiger partial charge in [0, 0.05) is 23.7 Å². The molecule has 1 N–H and O–H groups in total. The number of Topliss-reactive ketones (excluding diaryl/α,β-unsaturated/α-hetero) is 1. The van der Waals surface area contributed by atoms with Crippen LogP contribution in [0.2, 0.25) is 0 Å². The molecule has 0 aliphatic heterocycles. The summed E-state index contributed by atoms with van der Waals surface area (Å²) in [6.45, 7) is 0.570. The third-order valence-corrected chi connectivity index (χ3v) is 3.82. The summed E-state index contributed by atoms with van der Waals surface area (Å²) in [5.41, 5.74) is 2.39. The fraction of sp³-hybridized carbons (Fsp3) is 0.158. The standard InChI is InChI=1S/C19H17NO3/c1-23-14-6-4-5-13(11-14)9-10-20-17-12-18(21)15-7-2-3-8-16(15)19(17)22/h2-8,11-12,20H,9-10H2,1H3. The summed E-state index contributed by atoms with van der Waals surface area (Å²) in [4.78, 5) is 24.5. The van der Waals surface area contributed by atoms with Crippen LogP contribution in [0.25, 0.3) is 0 Å². The quantitative estimate of drug-likeness (QED) is 0.923. The molecule has 2 aromatic rings. The van der Waals surface area contributed by atoms with E-state index in [9.17, 15) is 9.59 Å². The zero-order valence-corrected chi connectivity index (χ0v) is 12.8. The molecule has 0 fully saturated rings. The summed E-state index contributed by atoms with van der Waals surface area (Å²) in [5, 5.41) is 3.08. The first kappa shape index (κ1) is 15.0. The average molecular weight is 307 g/mol. The zero-order chi connectivity index (χ0) is 16.2. The maximum absolute atomic E-state index is 12.4. The number of allylic oxidation sites excluding steroid dienone is 2. The Morgan fingerprint density at radius 1 is 1.00 bits per heavy atom. The topological polar surface area (TPSA) is 55.4 Å². The van der Waals surface area contributed by atoms with Crippen LogP contribution in [-0.4, -0.2) is 25.2 Å². The minimum Gasteiger partial charge on any atom is -0.497 e. The van der Waals surface area contributed by atoms with E-state index in [1.165, 1.54) is 6.08 Å². The van der Waals surface area contributed by atoms with Gasteiger partial charge in [-0.15, -0.1) is 0 Å². The molecule has 2 aromatic carbocycles. The molecule has 0 saturated heterocycles. The van der Waals surface area contributed by atoms with Crippen molar-refractivity contribution in [2.75, 3.05) is 13.7 Å². The third-order valence-electron chi connectivity index (χ3n) is 3.82. The molecule has 0 aromatic heterocycles. The van der Waals surface area contributed by atoms with E-state index in [1.54, 1.807) is 31.4 Å². The van der Waals surface area contributed by atoms with Gasteiger partial charge in [-0.25, -0.2) is 0 Å². The van der Waals surface area contributed by atoms with Crippen LogP contribution < -0.4 is 10.1 Å². The van der Waals surface area contributed by atoms with Gasteiger partial charge in [0.2, 0.25) is 5.78 Å². The number of hydrogen-bond acceptors (Lipinski definition) is 4. The van der Waals surface area contributed by atoms with Gasteiger partial charge in [-0.1, -0.05) is 36.4 Å². The van der Waals surface area contributed by atoms with E-state index in [-0.39, 0.29) is 11.6 Å². The van der Waals surface area contributed by atoms with Crippen molar-refractivity contribution in [3.8, 4) is 5.75 Å². The molecule has 4 heteroatoms. The molecule has 23 heavy (non-hydrogen) atoms. The molecular weight excluding hydrogens is 290 g/mol. The van der Waals surface area contributed by atoms with Crippen LogP contribution in [0.1, 0.15) is 26.3 Å². The van der Waals surface area contributed by atoms with Crippen LogP contribution in [0.4, 0.5) is 0 Å². The number of hydrogen-bond donors (Lipinski definition) is 1. The minimum absolute atomic E-state index is 0.133. The number of benzene rings is 2. The van der Waals surface area contributed by atoms with Gasteiger partial charge in [-0.3, -0.25) is 9.59 Å². The van der Waals surface area contributed by atoms with E-state index in [0.717, 1.165) is 17.7 Å². The molecule has 0 radical (unpaired) electrons. The molecule has 0 spiro atoms. The van der Waals surface area contributed by atoms with Crippen LogP contribution in [-0.2, 0) is 6.42 Å². The number of carbonyl (C=O) groups excluding carboxylic acids is 2. The van der Waals surface area contributed by atoms with Crippen molar-refractivity contribution in [1.82, 2.24) is 5.32 Å². The predicted molar refractivity (Wildman–Crippen MR) is 87.9 cm³/mol. The Bertz CT molecular complexity index is 793. The zero-order valence-electron chi connectivity index (χ0n) is 12.8. The molecule has 1 aliphatic carbocycles. The molecule has 116 valence electrons. The van der Waals surface area contributed by atoms with E-state index in [2.05, 4.69) is 5.32 Å². The van der Waals surface area contributed by atoms with Gasteiger partial charge < -0.3 is 10.1 Å². The van der Waals surface area contributed by atoms with Crippen LogP contribution in [0.3, 0.4) is 0 Å². The summed E-state index contributed by atoms with van der Waals surface area (Å²) >= 11 is 0. The Morgan fingerprint density at radius 2 is 1.78 bits per heavy atom. The van der Waals surface area contributed by atoms with Gasteiger partial charge in [0.25, 0.3) is 0 Å². The lowest BCUT2D eigenvalue weighted by Gasteiger charge is -2.16. The smallest absolute Gasteiger partial charge is 0.209 e. The number of methoxy groups -OCH3 is 1. The maximum atomic E-state index is 12.4. The number of ether oxygens (including phenoxy) is 1. The number of carbonyl (C=O) groups is 2. The maximum Gasteiger partial charge on any atom is 0.209 e. The molecule has 4 nitrogen and oxygen atoms in total. The number of fused-ring (bicyclic) bond motifs is 1. The van der Waals surface area contributed by atoms with Gasteiger partial charge in [0.05, 0.1) is 12.8 Å². The Labute approximate surface area is 134 Å². The fourth-order valence-corrected chi connectivity index (χ4v) is 2.62. The Morgan fingerprint density at radius 3 is 2.57 bits per heavy atom. The van der Waals surface area contributed by atoms with Crippen molar-refractivity contribution < 1.29 is 14.3 Å². The van der Waals surface area contributed by atoms with Crippen LogP contribution in [0.15, 0.2) is 60.3 Å². The second-order valence-corrected chi connectivity index (χ2v) is 5.33. The van der Waals surface area contributed by atoms with Crippen molar-refractivity contribution >= 4 is 11.6 Å². The van der Waals surface area contributed by atoms with E-state index < -0.39 is 0 Å². The molecule has 0 bridgehead atoms. The predicted octanol–water partition coefficient (Wildman–Crippen LogP) is 2.79. The van der Waals surface area contributed by atoms with Crippen molar-refractivity contribution in [3.63, 3.8) is 0 Å². The largest absolute Gasteiger partial charge is 0.497 e. The van der Waals surface area contributed by atoms with Crippen molar-refractivity contribution in [1.29, 1.82) is 0 Å². The SMILES string of the molecule is COc1cccc(CCNC2=CC(=O)c3ccccc3C2=O)c1. The highest BCUT2D eigenvalue weighted by atomic mass is 16.5. The van der Waals surface area contributed by atoms with Crippen LogP contribution in [0.5, 0.6) is 5.75 Å². The van der Waals surface area contributed by atoms with Crippen LogP contribution in [0, 0.1) is 0 Å². The Hall–Kier alpha value is -2.88. The first-order valence-electron chi connectivity index (χ1n) is 7.45. The van der Waals surface area contributed by atoms with E-state index in [0.29, 0.717) is 23.4 Å². The van der Waals surface area contributed by atoms with Crippen LogP contribution >= 0.6 is 0 Å². The average Bonchev–Trinajstić information content (AvgIpc) is 2.59. The van der Waals surface area contributed by atoms with Gasteiger partial charge in [-0.2, -0.15) is 0 Å². The summed E-state index contributed by atoms with van der Waals surface area (Å²) in [6.07, 6.45) is 2.12. The van der Waals surface area contributed by atoms with Crippen molar-refractivity contribution in [2.24, 2.45) is 0 Å². The van der Waals surface area contributed by atoms with E-state index in [4.69, 9.17) is 4.74 Å². The molecule has 0 amide bonds.